The van der Waals surface area contributed by atoms with Gasteiger partial charge in [0.15, 0.2) is 0 Å². The topological polar surface area (TPSA) is 88.2 Å². The van der Waals surface area contributed by atoms with Crippen LogP contribution in [0.3, 0.4) is 0 Å². The molecule has 34 heavy (non-hydrogen) atoms. The number of pyridine rings is 1. The van der Waals surface area contributed by atoms with Crippen LogP contribution in [0.15, 0.2) is 113 Å². The molecule has 1 aromatic heterocycles. The zero-order valence-corrected chi connectivity index (χ0v) is 20.1. The van der Waals surface area contributed by atoms with E-state index in [0.29, 0.717) is 16.5 Å². The van der Waals surface area contributed by atoms with Crippen LogP contribution in [-0.2, 0) is 14.8 Å². The van der Waals surface area contributed by atoms with Crippen molar-refractivity contribution in [1.82, 2.24) is 4.98 Å². The van der Waals surface area contributed by atoms with Crippen molar-refractivity contribution in [2.75, 3.05) is 10.0 Å². The number of rotatable bonds is 8. The zero-order valence-electron chi connectivity index (χ0n) is 17.8. The molecule has 0 aliphatic carbocycles. The minimum atomic E-state index is -3.68. The van der Waals surface area contributed by atoms with E-state index in [-0.39, 0.29) is 10.8 Å². The van der Waals surface area contributed by atoms with Crippen molar-refractivity contribution in [3.05, 3.63) is 114 Å². The number of benzene rings is 3. The molecule has 6 nitrogen and oxygen atoms in total. The Morgan fingerprint density at radius 3 is 2.12 bits per heavy atom. The van der Waals surface area contributed by atoms with Crippen molar-refractivity contribution in [1.29, 1.82) is 0 Å². The Kier molecular flexibility index (Phi) is 7.52. The standard InChI is InChI=1S/C25H20ClN3O3S2/c26-19-11-16-23(27-17-19)28-25(30)24(18-7-3-1-4-8-18)33-21-14-12-20(13-15-21)29-34(31,32)22-9-5-2-6-10-22/h1-17,24,29H,(H,27,28,30). The lowest BCUT2D eigenvalue weighted by Crippen LogP contribution is -2.19. The lowest BCUT2D eigenvalue weighted by molar-refractivity contribution is -0.115. The number of hydrogen-bond donors (Lipinski definition) is 2. The average molecular weight is 510 g/mol. The largest absolute Gasteiger partial charge is 0.309 e. The molecular weight excluding hydrogens is 490 g/mol. The van der Waals surface area contributed by atoms with E-state index in [1.807, 2.05) is 30.3 Å². The highest BCUT2D eigenvalue weighted by Gasteiger charge is 2.23. The summed E-state index contributed by atoms with van der Waals surface area (Å²) in [4.78, 5) is 18.2. The van der Waals surface area contributed by atoms with Crippen molar-refractivity contribution in [3.8, 4) is 0 Å². The van der Waals surface area contributed by atoms with Gasteiger partial charge in [0.2, 0.25) is 5.91 Å². The van der Waals surface area contributed by atoms with Crippen molar-refractivity contribution >= 4 is 50.8 Å². The summed E-state index contributed by atoms with van der Waals surface area (Å²) in [5, 5.41) is 2.76. The van der Waals surface area contributed by atoms with Gasteiger partial charge in [0, 0.05) is 16.8 Å². The monoisotopic (exact) mass is 509 g/mol. The van der Waals surface area contributed by atoms with E-state index in [0.717, 1.165) is 10.5 Å². The molecule has 9 heteroatoms. The first-order chi connectivity index (χ1) is 16.4. The molecule has 1 unspecified atom stereocenters. The highest BCUT2D eigenvalue weighted by molar-refractivity contribution is 8.00. The number of anilines is 2. The van der Waals surface area contributed by atoms with E-state index in [9.17, 15) is 13.2 Å². The van der Waals surface area contributed by atoms with Crippen LogP contribution in [0, 0.1) is 0 Å². The van der Waals surface area contributed by atoms with Gasteiger partial charge in [0.1, 0.15) is 11.1 Å². The molecule has 1 heterocycles. The summed E-state index contributed by atoms with van der Waals surface area (Å²) < 4.78 is 27.7. The highest BCUT2D eigenvalue weighted by Crippen LogP contribution is 2.36. The van der Waals surface area contributed by atoms with E-state index in [2.05, 4.69) is 15.0 Å². The SMILES string of the molecule is O=C(Nc1ccc(Cl)cn1)C(Sc1ccc(NS(=O)(=O)c2ccccc2)cc1)c1ccccc1. The van der Waals surface area contributed by atoms with Crippen molar-refractivity contribution in [2.45, 2.75) is 15.0 Å². The second-order valence-corrected chi connectivity index (χ2v) is 10.5. The summed E-state index contributed by atoms with van der Waals surface area (Å²) in [6.07, 6.45) is 1.47. The van der Waals surface area contributed by atoms with Crippen LogP contribution in [0.1, 0.15) is 10.8 Å². The van der Waals surface area contributed by atoms with Crippen LogP contribution in [0.4, 0.5) is 11.5 Å². The molecule has 0 bridgehead atoms. The highest BCUT2D eigenvalue weighted by atomic mass is 35.5. The number of thioether (sulfide) groups is 1. The normalized spacial score (nSPS) is 12.0. The van der Waals surface area contributed by atoms with Gasteiger partial charge >= 0.3 is 0 Å². The first-order valence-corrected chi connectivity index (χ1v) is 13.0. The number of nitrogens with zero attached hydrogens (tertiary/aromatic N) is 1. The molecule has 0 spiro atoms. The molecule has 4 aromatic rings. The smallest absolute Gasteiger partial charge is 0.261 e. The van der Waals surface area contributed by atoms with Gasteiger partial charge in [-0.05, 0) is 54.1 Å². The van der Waals surface area contributed by atoms with Gasteiger partial charge in [-0.3, -0.25) is 9.52 Å². The number of amides is 1. The predicted octanol–water partition coefficient (Wildman–Crippen LogP) is 6.01. The number of nitrogens with one attached hydrogen (secondary N) is 2. The van der Waals surface area contributed by atoms with E-state index >= 15 is 0 Å². The molecule has 3 aromatic carbocycles. The fourth-order valence-corrected chi connectivity index (χ4v) is 5.31. The van der Waals surface area contributed by atoms with Gasteiger partial charge in [-0.15, -0.1) is 11.8 Å². The molecule has 0 radical (unpaired) electrons. The Balaban J connectivity index is 1.51. The molecule has 0 aliphatic rings. The lowest BCUT2D eigenvalue weighted by Gasteiger charge is -2.17. The Morgan fingerprint density at radius 1 is 0.853 bits per heavy atom. The van der Waals surface area contributed by atoms with Gasteiger partial charge in [-0.1, -0.05) is 60.1 Å². The average Bonchev–Trinajstić information content (AvgIpc) is 2.86. The molecule has 0 fully saturated rings. The van der Waals surface area contributed by atoms with Gasteiger partial charge < -0.3 is 5.32 Å². The number of halogens is 1. The molecular formula is C25H20ClN3O3S2. The number of hydrogen-bond acceptors (Lipinski definition) is 5. The molecule has 0 saturated carbocycles. The van der Waals surface area contributed by atoms with E-state index in [1.54, 1.807) is 54.6 Å². The Bertz CT molecular complexity index is 1350. The lowest BCUT2D eigenvalue weighted by atomic mass is 10.1. The van der Waals surface area contributed by atoms with E-state index in [1.165, 1.54) is 30.1 Å². The van der Waals surface area contributed by atoms with Crippen LogP contribution in [-0.4, -0.2) is 19.3 Å². The van der Waals surface area contributed by atoms with Crippen LogP contribution < -0.4 is 10.0 Å². The second-order valence-electron chi connectivity index (χ2n) is 7.20. The van der Waals surface area contributed by atoms with Crippen LogP contribution >= 0.6 is 23.4 Å². The third-order valence-corrected chi connectivity index (χ3v) is 7.62. The molecule has 1 atom stereocenters. The first kappa shape index (κ1) is 23.8. The third-order valence-electron chi connectivity index (χ3n) is 4.73. The number of sulfonamides is 1. The summed E-state index contributed by atoms with van der Waals surface area (Å²) in [7, 11) is -3.68. The Labute approximate surface area is 207 Å². The third kappa shape index (κ3) is 6.17. The maximum Gasteiger partial charge on any atom is 0.261 e. The van der Waals surface area contributed by atoms with Gasteiger partial charge in [0.05, 0.1) is 9.92 Å². The maximum atomic E-state index is 13.1. The fourth-order valence-electron chi connectivity index (χ4n) is 3.09. The van der Waals surface area contributed by atoms with Crippen molar-refractivity contribution in [2.24, 2.45) is 0 Å². The van der Waals surface area contributed by atoms with Crippen LogP contribution in [0.25, 0.3) is 0 Å². The first-order valence-electron chi connectivity index (χ1n) is 10.2. The minimum absolute atomic E-state index is 0.185. The van der Waals surface area contributed by atoms with Crippen molar-refractivity contribution in [3.63, 3.8) is 0 Å². The quantitative estimate of drug-likeness (QED) is 0.284. The maximum absolute atomic E-state index is 13.1. The van der Waals surface area contributed by atoms with E-state index < -0.39 is 15.3 Å². The molecule has 172 valence electrons. The number of carbonyl (C=O) groups is 1. The summed E-state index contributed by atoms with van der Waals surface area (Å²) >= 11 is 7.23. The Hall–Kier alpha value is -3.33. The van der Waals surface area contributed by atoms with E-state index in [4.69, 9.17) is 11.6 Å². The molecule has 0 aliphatic heterocycles. The summed E-state index contributed by atoms with van der Waals surface area (Å²) in [6, 6.07) is 27.7. The zero-order chi connectivity index (χ0) is 24.0. The molecule has 1 amide bonds. The molecule has 4 rings (SSSR count). The number of aromatic nitrogens is 1. The predicted molar refractivity (Wildman–Crippen MR) is 137 cm³/mol. The number of carbonyl (C=O) groups excluding carboxylic acids is 1. The van der Waals surface area contributed by atoms with Gasteiger partial charge in [-0.2, -0.15) is 0 Å². The Morgan fingerprint density at radius 2 is 1.50 bits per heavy atom. The second kappa shape index (κ2) is 10.7. The summed E-state index contributed by atoms with van der Waals surface area (Å²) in [5.74, 6) is 0.168. The van der Waals surface area contributed by atoms with Gasteiger partial charge in [0.25, 0.3) is 10.0 Å². The fraction of sp³-hybridized carbons (Fsp3) is 0.0400. The van der Waals surface area contributed by atoms with Gasteiger partial charge in [-0.25, -0.2) is 13.4 Å². The molecule has 2 N–H and O–H groups in total. The van der Waals surface area contributed by atoms with Crippen LogP contribution in [0.5, 0.6) is 0 Å². The van der Waals surface area contributed by atoms with Crippen molar-refractivity contribution < 1.29 is 13.2 Å². The van der Waals surface area contributed by atoms with Crippen LogP contribution in [0.2, 0.25) is 5.02 Å². The summed E-state index contributed by atoms with van der Waals surface area (Å²) in [5.41, 5.74) is 1.26. The minimum Gasteiger partial charge on any atom is -0.309 e. The molecule has 0 saturated heterocycles. The summed E-state index contributed by atoms with van der Waals surface area (Å²) in [6.45, 7) is 0.